The van der Waals surface area contributed by atoms with E-state index in [1.807, 2.05) is 39.8 Å². The second kappa shape index (κ2) is 14.5. The molecule has 0 atom stereocenters. The van der Waals surface area contributed by atoms with E-state index in [0.717, 1.165) is 12.8 Å². The van der Waals surface area contributed by atoms with Gasteiger partial charge in [0.2, 0.25) is 11.6 Å². The largest absolute Gasteiger partial charge is 0.465 e. The fraction of sp³-hybridized carbons (Fsp3) is 0.593. The van der Waals surface area contributed by atoms with Gasteiger partial charge in [0.05, 0.1) is 18.1 Å². The lowest BCUT2D eigenvalue weighted by Crippen LogP contribution is -2.50. The van der Waals surface area contributed by atoms with Crippen molar-refractivity contribution in [3.8, 4) is 6.01 Å². The SMILES string of the molecule is CCCCOc1nc(N)c([N+](=O)[O-])c(N(CC(=O)OCC)Cc2ccc(N3CCN(C(=O)OC(C)(C)C)CC3)nc2)n1. The second-order valence-corrected chi connectivity index (χ2v) is 10.7. The summed E-state index contributed by atoms with van der Waals surface area (Å²) in [6.45, 7) is 11.5. The molecule has 15 heteroatoms. The van der Waals surface area contributed by atoms with Gasteiger partial charge in [0.1, 0.15) is 18.0 Å². The maximum atomic E-state index is 12.5. The van der Waals surface area contributed by atoms with E-state index in [2.05, 4.69) is 19.9 Å². The fourth-order valence-electron chi connectivity index (χ4n) is 4.14. The highest BCUT2D eigenvalue weighted by Crippen LogP contribution is 2.33. The van der Waals surface area contributed by atoms with Crippen LogP contribution in [0.2, 0.25) is 0 Å². The first-order valence-electron chi connectivity index (χ1n) is 13.9. The number of nitrogens with zero attached hydrogens (tertiary/aromatic N) is 7. The number of rotatable bonds is 12. The average molecular weight is 589 g/mol. The first kappa shape index (κ1) is 32.1. The number of carbonyl (C=O) groups excluding carboxylic acids is 2. The van der Waals surface area contributed by atoms with Gasteiger partial charge >= 0.3 is 23.8 Å². The zero-order chi connectivity index (χ0) is 30.9. The molecule has 0 aromatic carbocycles. The molecule has 230 valence electrons. The molecule has 1 fully saturated rings. The average Bonchev–Trinajstić information content (AvgIpc) is 2.92. The standard InChI is InChI=1S/C27H40N8O7/c1-6-8-15-41-25-30-23(28)22(35(38)39)24(31-25)34(18-21(36)40-7-2)17-19-9-10-20(29-16-19)32-11-13-33(14-12-32)26(37)42-27(3,4)5/h9-10,16H,6-8,11-15,17-18H2,1-5H3,(H2,28,30,31). The van der Waals surface area contributed by atoms with Crippen molar-refractivity contribution >= 4 is 35.2 Å². The lowest BCUT2D eigenvalue weighted by atomic mass is 10.2. The second-order valence-electron chi connectivity index (χ2n) is 10.7. The normalized spacial score (nSPS) is 13.5. The van der Waals surface area contributed by atoms with E-state index in [0.29, 0.717) is 44.2 Å². The number of pyridine rings is 1. The van der Waals surface area contributed by atoms with Crippen molar-refractivity contribution in [2.24, 2.45) is 0 Å². The van der Waals surface area contributed by atoms with E-state index in [-0.39, 0.29) is 43.4 Å². The highest BCUT2D eigenvalue weighted by atomic mass is 16.6. The molecule has 2 N–H and O–H groups in total. The number of aromatic nitrogens is 3. The van der Waals surface area contributed by atoms with Gasteiger partial charge in [0, 0.05) is 38.9 Å². The third kappa shape index (κ3) is 9.04. The number of carbonyl (C=O) groups is 2. The number of ether oxygens (including phenoxy) is 3. The molecule has 0 bridgehead atoms. The Bertz CT molecular complexity index is 1230. The molecule has 0 spiro atoms. The minimum absolute atomic E-state index is 0.0458. The minimum Gasteiger partial charge on any atom is -0.465 e. The molecule has 0 radical (unpaired) electrons. The van der Waals surface area contributed by atoms with E-state index < -0.39 is 22.2 Å². The van der Waals surface area contributed by atoms with Crippen LogP contribution >= 0.6 is 0 Å². The Balaban J connectivity index is 1.80. The number of piperazine rings is 1. The number of esters is 1. The third-order valence-electron chi connectivity index (χ3n) is 6.15. The Morgan fingerprint density at radius 2 is 1.86 bits per heavy atom. The molecule has 1 aliphatic rings. The van der Waals surface area contributed by atoms with Crippen LogP contribution in [0.3, 0.4) is 0 Å². The molecule has 15 nitrogen and oxygen atoms in total. The first-order chi connectivity index (χ1) is 19.9. The third-order valence-corrected chi connectivity index (χ3v) is 6.15. The molecule has 0 unspecified atom stereocenters. The van der Waals surface area contributed by atoms with Gasteiger partial charge in [-0.1, -0.05) is 19.4 Å². The smallest absolute Gasteiger partial charge is 0.410 e. The summed E-state index contributed by atoms with van der Waals surface area (Å²) in [4.78, 5) is 54.0. The number of anilines is 3. The summed E-state index contributed by atoms with van der Waals surface area (Å²) in [5.74, 6) is -0.410. The van der Waals surface area contributed by atoms with Gasteiger partial charge in [-0.05, 0) is 45.7 Å². The predicted molar refractivity (Wildman–Crippen MR) is 155 cm³/mol. The van der Waals surface area contributed by atoms with Crippen LogP contribution in [0.25, 0.3) is 0 Å². The Morgan fingerprint density at radius 3 is 2.43 bits per heavy atom. The molecular weight excluding hydrogens is 548 g/mol. The molecule has 1 saturated heterocycles. The van der Waals surface area contributed by atoms with E-state index in [1.165, 1.54) is 4.90 Å². The highest BCUT2D eigenvalue weighted by molar-refractivity contribution is 5.78. The Morgan fingerprint density at radius 1 is 1.14 bits per heavy atom. The lowest BCUT2D eigenvalue weighted by Gasteiger charge is -2.36. The van der Waals surface area contributed by atoms with Crippen LogP contribution < -0.4 is 20.3 Å². The maximum Gasteiger partial charge on any atom is 0.410 e. The first-order valence-corrected chi connectivity index (χ1v) is 13.9. The molecule has 1 aliphatic heterocycles. The van der Waals surface area contributed by atoms with Gasteiger partial charge in [-0.15, -0.1) is 0 Å². The highest BCUT2D eigenvalue weighted by Gasteiger charge is 2.30. The fourth-order valence-corrected chi connectivity index (χ4v) is 4.14. The van der Waals surface area contributed by atoms with Gasteiger partial charge in [-0.2, -0.15) is 9.97 Å². The number of nitro groups is 1. The van der Waals surface area contributed by atoms with Gasteiger partial charge < -0.3 is 34.6 Å². The zero-order valence-corrected chi connectivity index (χ0v) is 24.9. The molecule has 42 heavy (non-hydrogen) atoms. The topological polar surface area (TPSA) is 179 Å². The lowest BCUT2D eigenvalue weighted by molar-refractivity contribution is -0.383. The Hall–Kier alpha value is -4.43. The summed E-state index contributed by atoms with van der Waals surface area (Å²) < 4.78 is 16.1. The van der Waals surface area contributed by atoms with E-state index in [1.54, 1.807) is 18.0 Å². The Labute approximate surface area is 245 Å². The Kier molecular flexibility index (Phi) is 11.0. The van der Waals surface area contributed by atoms with Crippen molar-refractivity contribution in [3.05, 3.63) is 34.0 Å². The van der Waals surface area contributed by atoms with Crippen molar-refractivity contribution in [3.63, 3.8) is 0 Å². The van der Waals surface area contributed by atoms with E-state index >= 15 is 0 Å². The van der Waals surface area contributed by atoms with Crippen molar-refractivity contribution in [1.29, 1.82) is 0 Å². The number of unbranched alkanes of at least 4 members (excludes halogenated alkanes) is 1. The molecule has 2 aromatic heterocycles. The van der Waals surface area contributed by atoms with Gasteiger partial charge in [0.15, 0.2) is 0 Å². The van der Waals surface area contributed by atoms with Crippen molar-refractivity contribution in [2.75, 3.05) is 61.5 Å². The van der Waals surface area contributed by atoms with Crippen LogP contribution in [0, 0.1) is 10.1 Å². The maximum absolute atomic E-state index is 12.5. The number of hydrogen-bond acceptors (Lipinski definition) is 13. The molecule has 0 saturated carbocycles. The zero-order valence-electron chi connectivity index (χ0n) is 24.9. The van der Waals surface area contributed by atoms with Gasteiger partial charge in [-0.25, -0.2) is 9.78 Å². The van der Waals surface area contributed by atoms with Crippen LogP contribution in [0.15, 0.2) is 18.3 Å². The summed E-state index contributed by atoms with van der Waals surface area (Å²) in [7, 11) is 0. The van der Waals surface area contributed by atoms with Crippen molar-refractivity contribution in [2.45, 2.75) is 59.6 Å². The van der Waals surface area contributed by atoms with Crippen LogP contribution in [0.5, 0.6) is 6.01 Å². The molecule has 0 aliphatic carbocycles. The molecular formula is C27H40N8O7. The van der Waals surface area contributed by atoms with E-state index in [4.69, 9.17) is 19.9 Å². The summed E-state index contributed by atoms with van der Waals surface area (Å²) in [5.41, 5.74) is 5.51. The number of hydrogen-bond donors (Lipinski definition) is 1. The summed E-state index contributed by atoms with van der Waals surface area (Å²) in [6.07, 6.45) is 2.89. The van der Waals surface area contributed by atoms with Gasteiger partial charge in [-0.3, -0.25) is 14.9 Å². The molecule has 3 rings (SSSR count). The minimum atomic E-state index is -0.684. The molecule has 2 aromatic rings. The quantitative estimate of drug-likeness (QED) is 0.165. The number of nitrogen functional groups attached to an aromatic ring is 1. The van der Waals surface area contributed by atoms with Crippen molar-refractivity contribution in [1.82, 2.24) is 19.9 Å². The number of nitrogens with two attached hydrogens (primary N) is 1. The summed E-state index contributed by atoms with van der Waals surface area (Å²) >= 11 is 0. The summed E-state index contributed by atoms with van der Waals surface area (Å²) in [6, 6.07) is 3.52. The van der Waals surface area contributed by atoms with Crippen LogP contribution in [-0.2, 0) is 20.8 Å². The molecule has 3 heterocycles. The predicted octanol–water partition coefficient (Wildman–Crippen LogP) is 3.17. The van der Waals surface area contributed by atoms with E-state index in [9.17, 15) is 19.7 Å². The monoisotopic (exact) mass is 588 g/mol. The summed E-state index contributed by atoms with van der Waals surface area (Å²) in [5, 5.41) is 11.9. The van der Waals surface area contributed by atoms with Gasteiger partial charge in [0.25, 0.3) is 0 Å². The van der Waals surface area contributed by atoms with Crippen LogP contribution in [0.4, 0.5) is 27.9 Å². The van der Waals surface area contributed by atoms with Crippen LogP contribution in [-0.4, -0.2) is 88.4 Å². The van der Waals surface area contributed by atoms with Crippen molar-refractivity contribution < 1.29 is 28.7 Å². The molecule has 1 amide bonds. The van der Waals surface area contributed by atoms with Crippen LogP contribution in [0.1, 0.15) is 53.0 Å². The number of amides is 1.